The maximum atomic E-state index is 14.3. The Hall–Kier alpha value is 0.743. The van der Waals surface area contributed by atoms with Crippen LogP contribution in [-0.2, 0) is 0 Å². The third kappa shape index (κ3) is 1.67. The van der Waals surface area contributed by atoms with Gasteiger partial charge in [0.05, 0.1) is 0 Å². The summed E-state index contributed by atoms with van der Waals surface area (Å²) in [4.78, 5) is 0. The van der Waals surface area contributed by atoms with Gasteiger partial charge in [-0.2, -0.15) is 0 Å². The Bertz CT molecular complexity index is 157. The van der Waals surface area contributed by atoms with Crippen LogP contribution < -0.4 is 0 Å². The summed E-state index contributed by atoms with van der Waals surface area (Å²) < 4.78 is 28.3. The summed E-state index contributed by atoms with van der Waals surface area (Å²) in [5.41, 5.74) is 0. The molecule has 0 saturated heterocycles. The van der Waals surface area contributed by atoms with Crippen LogP contribution in [0.5, 0.6) is 0 Å². The molecule has 0 amide bonds. The van der Waals surface area contributed by atoms with Crippen molar-refractivity contribution in [3.05, 3.63) is 0 Å². The van der Waals surface area contributed by atoms with Crippen LogP contribution in [0.4, 0.5) is 5.25 Å². The number of halogens is 2. The van der Waals surface area contributed by atoms with Gasteiger partial charge in [-0.3, -0.25) is 0 Å². The summed E-state index contributed by atoms with van der Waals surface area (Å²) in [6.07, 6.45) is 0. The van der Waals surface area contributed by atoms with Gasteiger partial charge in [0.25, 0.3) is 0 Å². The van der Waals surface area contributed by atoms with Crippen molar-refractivity contribution in [2.24, 2.45) is 0 Å². The van der Waals surface area contributed by atoms with Gasteiger partial charge in [0.1, 0.15) is 0 Å². The minimum atomic E-state index is -5.55. The summed E-state index contributed by atoms with van der Waals surface area (Å²) in [7, 11) is 0. The van der Waals surface area contributed by atoms with E-state index in [1.54, 1.807) is 41.5 Å². The van der Waals surface area contributed by atoms with E-state index in [4.69, 9.17) is 0 Å². The summed E-state index contributed by atoms with van der Waals surface area (Å²) in [5, 5.41) is 0. The van der Waals surface area contributed by atoms with Crippen molar-refractivity contribution in [2.75, 3.05) is 0 Å². The van der Waals surface area contributed by atoms with Gasteiger partial charge in [-0.1, -0.05) is 0 Å². The molecule has 76 valence electrons. The fourth-order valence-corrected chi connectivity index (χ4v) is 8.83. The molecule has 0 unspecified atom stereocenters. The predicted molar refractivity (Wildman–Crippen MR) is 53.3 cm³/mol. The van der Waals surface area contributed by atoms with Crippen LogP contribution in [0.2, 0.25) is 10.9 Å². The molecule has 0 heterocycles. The van der Waals surface area contributed by atoms with E-state index in [2.05, 4.69) is 0 Å². The molecule has 0 fully saturated rings. The van der Waals surface area contributed by atoms with Crippen LogP contribution in [-0.4, -0.2) is 20.0 Å². The van der Waals surface area contributed by atoms with Gasteiger partial charge in [-0.15, -0.1) is 0 Å². The van der Waals surface area contributed by atoms with Crippen molar-refractivity contribution in [3.8, 4) is 0 Å². The molecule has 0 aromatic carbocycles. The fourth-order valence-electron chi connectivity index (χ4n) is 1.01. The molecule has 0 nitrogen and oxygen atoms in total. The second-order valence-electron chi connectivity index (χ2n) is 5.64. The van der Waals surface area contributed by atoms with Crippen LogP contribution >= 0.6 is 0 Å². The van der Waals surface area contributed by atoms with E-state index in [-0.39, 0.29) is 0 Å². The van der Waals surface area contributed by atoms with Gasteiger partial charge in [0.15, 0.2) is 0 Å². The van der Waals surface area contributed by atoms with Crippen LogP contribution in [0, 0.1) is 0 Å². The van der Waals surface area contributed by atoms with Gasteiger partial charge in [0.2, 0.25) is 0 Å². The molecule has 3 heteroatoms. The minimum absolute atomic E-state index is 0.802. The van der Waals surface area contributed by atoms with Gasteiger partial charge in [-0.05, 0) is 0 Å². The van der Waals surface area contributed by atoms with E-state index < -0.39 is 26.2 Å². The van der Waals surface area contributed by atoms with E-state index in [0.717, 1.165) is 0 Å². The van der Waals surface area contributed by atoms with Crippen molar-refractivity contribution in [3.63, 3.8) is 0 Å². The Labute approximate surface area is 77.6 Å². The summed E-state index contributed by atoms with van der Waals surface area (Å²) in [5.74, 6) is 0. The number of rotatable bonds is 0. The Morgan fingerprint density at radius 1 is 0.750 bits per heavy atom. The van der Waals surface area contributed by atoms with Gasteiger partial charge < -0.3 is 0 Å². The van der Waals surface area contributed by atoms with E-state index in [1.165, 1.54) is 4.63 Å². The van der Waals surface area contributed by atoms with Gasteiger partial charge >= 0.3 is 77.7 Å². The third-order valence-corrected chi connectivity index (χ3v) is 26.6. The number of hydrogen-bond donors (Lipinski definition) is 0. The normalized spacial score (nSPS) is 18.6. The first-order valence-electron chi connectivity index (χ1n) is 4.23. The van der Waals surface area contributed by atoms with Crippen molar-refractivity contribution < 1.29 is 5.25 Å². The molecule has 0 rings (SSSR count). The van der Waals surface area contributed by atoms with Gasteiger partial charge in [0, 0.05) is 0 Å². The molecule has 0 N–H and O–H groups in total. The summed E-state index contributed by atoms with van der Waals surface area (Å²) >= 11 is -5.55. The average molecular weight is 376 g/mol. The standard InChI is InChI=1S/2C4H9.CH3.Bi.2FH/c2*1-4(2)3;;;;/h2*1-3H3;1H3;;2*1H/q;;;+2;;/p-2. The molecule has 0 atom stereocenters. The molecular formula is C9H21BiF2. The fraction of sp³-hybridized carbons (Fsp3) is 1.00. The molecule has 0 spiro atoms. The monoisotopic (exact) mass is 376 g/mol. The topological polar surface area (TPSA) is 0 Å². The Morgan fingerprint density at radius 3 is 0.917 bits per heavy atom. The first-order chi connectivity index (χ1) is 4.79. The molecule has 12 heavy (non-hydrogen) atoms. The molecule has 0 aromatic heterocycles. The zero-order valence-corrected chi connectivity index (χ0v) is 12.7. The van der Waals surface area contributed by atoms with E-state index in [1.807, 2.05) is 0 Å². The van der Waals surface area contributed by atoms with E-state index >= 15 is 0 Å². The first kappa shape index (κ1) is 12.7. The van der Waals surface area contributed by atoms with Crippen LogP contribution in [0.15, 0.2) is 0 Å². The molecule has 0 aliphatic rings. The molecule has 0 aliphatic carbocycles. The van der Waals surface area contributed by atoms with Crippen molar-refractivity contribution in [2.45, 2.75) is 52.4 Å². The second kappa shape index (κ2) is 2.62. The average Bonchev–Trinajstić information content (AvgIpc) is 1.55. The zero-order chi connectivity index (χ0) is 10.4. The summed E-state index contributed by atoms with van der Waals surface area (Å²) in [6.45, 7) is 10.0. The first-order valence-corrected chi connectivity index (χ1v) is 13.8. The molecule has 0 aliphatic heterocycles. The van der Waals surface area contributed by atoms with Crippen molar-refractivity contribution in [1.82, 2.24) is 0 Å². The van der Waals surface area contributed by atoms with Crippen molar-refractivity contribution in [1.29, 1.82) is 0 Å². The number of hydrogen-bond acceptors (Lipinski definition) is 0. The van der Waals surface area contributed by atoms with Gasteiger partial charge in [-0.25, -0.2) is 0 Å². The second-order valence-corrected chi connectivity index (χ2v) is 26.2. The zero-order valence-electron chi connectivity index (χ0n) is 9.20. The SMILES string of the molecule is C[C](C)(C)[Bi]([CH3])([F])([F])[C](C)(C)C. The van der Waals surface area contributed by atoms with E-state index in [9.17, 15) is 5.25 Å². The Balaban J connectivity index is 5.29. The molecule has 0 saturated carbocycles. The molecule has 0 aromatic rings. The van der Waals surface area contributed by atoms with Crippen LogP contribution in [0.25, 0.3) is 0 Å². The molecule has 0 bridgehead atoms. The molecule has 0 radical (unpaired) electrons. The molecular weight excluding hydrogens is 355 g/mol. The summed E-state index contributed by atoms with van der Waals surface area (Å²) in [6, 6.07) is 0. The van der Waals surface area contributed by atoms with Crippen LogP contribution in [0.3, 0.4) is 0 Å². The Morgan fingerprint density at radius 2 is 0.917 bits per heavy atom. The Kier molecular flexibility index (Phi) is 2.78. The van der Waals surface area contributed by atoms with Crippen LogP contribution in [0.1, 0.15) is 41.5 Å². The van der Waals surface area contributed by atoms with E-state index in [0.29, 0.717) is 0 Å². The maximum absolute atomic E-state index is 14.3. The third-order valence-electron chi connectivity index (χ3n) is 3.03. The quantitative estimate of drug-likeness (QED) is 0.544. The van der Waals surface area contributed by atoms with Crippen molar-refractivity contribution >= 4 is 20.0 Å². The predicted octanol–water partition coefficient (Wildman–Crippen LogP) is 4.55.